The number of morpholine rings is 1. The van der Waals surface area contributed by atoms with Crippen LogP contribution < -0.4 is 5.32 Å². The number of nitrogens with one attached hydrogen (secondary N) is 1. The fraction of sp³-hybridized carbons (Fsp3) is 1.00. The van der Waals surface area contributed by atoms with E-state index in [1.54, 1.807) is 0 Å². The average molecular weight is 171 g/mol. The first-order valence-corrected chi connectivity index (χ1v) is 4.77. The van der Waals surface area contributed by atoms with Gasteiger partial charge in [-0.1, -0.05) is 0 Å². The minimum atomic E-state index is 0.0932. The lowest BCUT2D eigenvalue weighted by atomic mass is 9.92. The second-order valence-corrected chi connectivity index (χ2v) is 3.85. The van der Waals surface area contributed by atoms with E-state index in [1.807, 2.05) is 0 Å². The molecule has 0 bridgehead atoms. The van der Waals surface area contributed by atoms with Gasteiger partial charge in [-0.15, -0.1) is 0 Å². The molecule has 0 aromatic carbocycles. The Morgan fingerprint density at radius 3 is 2.75 bits per heavy atom. The summed E-state index contributed by atoms with van der Waals surface area (Å²) in [5.41, 5.74) is 0.0932. The van der Waals surface area contributed by atoms with Crippen LogP contribution in [0.5, 0.6) is 0 Å². The van der Waals surface area contributed by atoms with Crippen LogP contribution in [0.4, 0.5) is 0 Å². The number of hydrogen-bond acceptors (Lipinski definition) is 3. The van der Waals surface area contributed by atoms with E-state index in [-0.39, 0.29) is 5.60 Å². The van der Waals surface area contributed by atoms with E-state index < -0.39 is 0 Å². The quantitative estimate of drug-likeness (QED) is 0.577. The normalized spacial score (nSPS) is 35.2. The smallest absolute Gasteiger partial charge is 0.0854 e. The van der Waals surface area contributed by atoms with E-state index in [0.717, 1.165) is 39.1 Å². The molecule has 0 saturated carbocycles. The zero-order chi connectivity index (χ0) is 8.44. The van der Waals surface area contributed by atoms with Crippen LogP contribution in [0.25, 0.3) is 0 Å². The van der Waals surface area contributed by atoms with Gasteiger partial charge in [0.25, 0.3) is 0 Å². The average Bonchev–Trinajstić information content (AvgIpc) is 2.05. The molecular weight excluding hydrogens is 154 g/mol. The van der Waals surface area contributed by atoms with Crippen molar-refractivity contribution in [2.45, 2.75) is 31.5 Å². The van der Waals surface area contributed by atoms with E-state index in [2.05, 4.69) is 12.2 Å². The van der Waals surface area contributed by atoms with E-state index in [9.17, 15) is 0 Å². The third-order valence-corrected chi connectivity index (χ3v) is 2.73. The van der Waals surface area contributed by atoms with Crippen molar-refractivity contribution in [3.63, 3.8) is 0 Å². The van der Waals surface area contributed by atoms with Crippen LogP contribution in [0.3, 0.4) is 0 Å². The zero-order valence-corrected chi connectivity index (χ0v) is 7.64. The van der Waals surface area contributed by atoms with Crippen LogP contribution in [0.1, 0.15) is 19.8 Å². The molecule has 2 aliphatic rings. The maximum atomic E-state index is 5.97. The fourth-order valence-corrected chi connectivity index (χ4v) is 2.05. The Labute approximate surface area is 73.4 Å². The summed E-state index contributed by atoms with van der Waals surface area (Å²) < 4.78 is 11.3. The molecule has 2 heterocycles. The topological polar surface area (TPSA) is 30.5 Å². The molecule has 0 aromatic heterocycles. The molecule has 3 heteroatoms. The van der Waals surface area contributed by atoms with Crippen molar-refractivity contribution in [1.82, 2.24) is 5.32 Å². The summed E-state index contributed by atoms with van der Waals surface area (Å²) in [6.07, 6.45) is 2.45. The van der Waals surface area contributed by atoms with Gasteiger partial charge in [-0.25, -0.2) is 0 Å². The van der Waals surface area contributed by atoms with E-state index in [0.29, 0.717) is 6.10 Å². The van der Waals surface area contributed by atoms with Crippen LogP contribution in [-0.2, 0) is 9.47 Å². The predicted octanol–water partition coefficient (Wildman–Crippen LogP) is 0.544. The Morgan fingerprint density at radius 1 is 1.33 bits per heavy atom. The maximum Gasteiger partial charge on any atom is 0.0854 e. The highest BCUT2D eigenvalue weighted by Gasteiger charge is 2.37. The first kappa shape index (κ1) is 8.48. The Kier molecular flexibility index (Phi) is 2.35. The Balaban J connectivity index is 1.97. The Morgan fingerprint density at radius 2 is 2.08 bits per heavy atom. The summed E-state index contributed by atoms with van der Waals surface area (Å²) in [7, 11) is 0. The molecule has 1 atom stereocenters. The highest BCUT2D eigenvalue weighted by Crippen LogP contribution is 2.27. The summed E-state index contributed by atoms with van der Waals surface area (Å²) in [4.78, 5) is 0. The van der Waals surface area contributed by atoms with Gasteiger partial charge in [-0.3, -0.25) is 0 Å². The van der Waals surface area contributed by atoms with Crippen LogP contribution in [0.2, 0.25) is 0 Å². The van der Waals surface area contributed by atoms with E-state index >= 15 is 0 Å². The van der Waals surface area contributed by atoms with Gasteiger partial charge in [0.15, 0.2) is 0 Å². The van der Waals surface area contributed by atoms with E-state index in [4.69, 9.17) is 9.47 Å². The van der Waals surface area contributed by atoms with Crippen LogP contribution >= 0.6 is 0 Å². The fourth-order valence-electron chi connectivity index (χ4n) is 2.05. The molecule has 0 aliphatic carbocycles. The lowest BCUT2D eigenvalue weighted by Crippen LogP contribution is -2.55. The predicted molar refractivity (Wildman–Crippen MR) is 46.2 cm³/mol. The standard InChI is InChI=1S/C9H17NO2/c1-8-6-10-7-9(12-8)2-4-11-5-3-9/h8,10H,2-7H2,1H3/t8-/m1/s1. The molecule has 2 saturated heterocycles. The summed E-state index contributed by atoms with van der Waals surface area (Å²) in [6, 6.07) is 0. The van der Waals surface area contributed by atoms with E-state index in [1.165, 1.54) is 0 Å². The molecule has 2 aliphatic heterocycles. The summed E-state index contributed by atoms with van der Waals surface area (Å²) >= 11 is 0. The summed E-state index contributed by atoms with van der Waals surface area (Å²) in [5, 5.41) is 3.41. The van der Waals surface area contributed by atoms with Crippen molar-refractivity contribution in [2.75, 3.05) is 26.3 Å². The largest absolute Gasteiger partial charge is 0.381 e. The molecule has 0 amide bonds. The minimum absolute atomic E-state index is 0.0932. The van der Waals surface area contributed by atoms with Crippen LogP contribution in [0, 0.1) is 0 Å². The van der Waals surface area contributed by atoms with Crippen LogP contribution in [0.15, 0.2) is 0 Å². The molecule has 12 heavy (non-hydrogen) atoms. The highest BCUT2D eigenvalue weighted by atomic mass is 16.5. The SMILES string of the molecule is C[C@@H]1CNCC2(CCOCC2)O1. The van der Waals surface area contributed by atoms with Gasteiger partial charge in [-0.05, 0) is 6.92 Å². The van der Waals surface area contributed by atoms with Gasteiger partial charge < -0.3 is 14.8 Å². The second-order valence-electron chi connectivity index (χ2n) is 3.85. The lowest BCUT2D eigenvalue weighted by Gasteiger charge is -2.43. The van der Waals surface area contributed by atoms with Gasteiger partial charge in [0.05, 0.1) is 11.7 Å². The van der Waals surface area contributed by atoms with Gasteiger partial charge in [0.1, 0.15) is 0 Å². The molecule has 3 nitrogen and oxygen atoms in total. The minimum Gasteiger partial charge on any atom is -0.381 e. The van der Waals surface area contributed by atoms with Crippen LogP contribution in [-0.4, -0.2) is 38.0 Å². The molecule has 1 N–H and O–H groups in total. The molecule has 70 valence electrons. The Hall–Kier alpha value is -0.120. The molecule has 2 rings (SSSR count). The van der Waals surface area contributed by atoms with Crippen molar-refractivity contribution >= 4 is 0 Å². The number of rotatable bonds is 0. The number of ether oxygens (including phenoxy) is 2. The summed E-state index contributed by atoms with van der Waals surface area (Å²) in [5.74, 6) is 0. The van der Waals surface area contributed by atoms with Crippen molar-refractivity contribution < 1.29 is 9.47 Å². The van der Waals surface area contributed by atoms with Crippen molar-refractivity contribution in [3.05, 3.63) is 0 Å². The van der Waals surface area contributed by atoms with Gasteiger partial charge in [0.2, 0.25) is 0 Å². The Bertz CT molecular complexity index is 149. The van der Waals surface area contributed by atoms with Crippen molar-refractivity contribution in [2.24, 2.45) is 0 Å². The van der Waals surface area contributed by atoms with Gasteiger partial charge in [-0.2, -0.15) is 0 Å². The highest BCUT2D eigenvalue weighted by molar-refractivity contribution is 4.89. The zero-order valence-electron chi connectivity index (χ0n) is 7.64. The first-order chi connectivity index (χ1) is 5.81. The van der Waals surface area contributed by atoms with Gasteiger partial charge >= 0.3 is 0 Å². The third kappa shape index (κ3) is 1.63. The molecule has 2 fully saturated rings. The monoisotopic (exact) mass is 171 g/mol. The molecule has 0 unspecified atom stereocenters. The van der Waals surface area contributed by atoms with Gasteiger partial charge in [0, 0.05) is 39.1 Å². The van der Waals surface area contributed by atoms with Crippen molar-refractivity contribution in [3.8, 4) is 0 Å². The maximum absolute atomic E-state index is 5.97. The number of hydrogen-bond donors (Lipinski definition) is 1. The molecule has 0 aromatic rings. The third-order valence-electron chi connectivity index (χ3n) is 2.73. The molecule has 1 spiro atoms. The van der Waals surface area contributed by atoms with Crippen molar-refractivity contribution in [1.29, 1.82) is 0 Å². The summed E-state index contributed by atoms with van der Waals surface area (Å²) in [6.45, 7) is 5.83. The molecule has 0 radical (unpaired) electrons. The second kappa shape index (κ2) is 3.32. The first-order valence-electron chi connectivity index (χ1n) is 4.77. The lowest BCUT2D eigenvalue weighted by molar-refractivity contribution is -0.153. The molecular formula is C9H17NO2.